The number of aliphatic hydroxyl groups is 1. The molecule has 2 nitrogen and oxygen atoms in total. The first-order chi connectivity index (χ1) is 4.79. The van der Waals surface area contributed by atoms with Crippen molar-refractivity contribution < 1.29 is 5.11 Å². The van der Waals surface area contributed by atoms with Crippen LogP contribution < -0.4 is 0 Å². The minimum atomic E-state index is -0.0382. The van der Waals surface area contributed by atoms with Crippen LogP contribution in [0.15, 0.2) is 0 Å². The summed E-state index contributed by atoms with van der Waals surface area (Å²) in [7, 11) is 2.14. The van der Waals surface area contributed by atoms with E-state index in [0.717, 1.165) is 12.5 Å². The van der Waals surface area contributed by atoms with Gasteiger partial charge >= 0.3 is 0 Å². The zero-order chi connectivity index (χ0) is 7.14. The van der Waals surface area contributed by atoms with Crippen molar-refractivity contribution in [2.75, 3.05) is 7.05 Å². The number of hydrogen-bond acceptors (Lipinski definition) is 2. The van der Waals surface area contributed by atoms with Gasteiger partial charge in [0.05, 0.1) is 6.10 Å². The van der Waals surface area contributed by atoms with E-state index in [-0.39, 0.29) is 6.10 Å². The number of hydrogen-bond donors (Lipinski definition) is 1. The van der Waals surface area contributed by atoms with Crippen LogP contribution >= 0.6 is 0 Å². The Labute approximate surface area is 61.8 Å². The summed E-state index contributed by atoms with van der Waals surface area (Å²) in [5.41, 5.74) is 0. The quantitative estimate of drug-likeness (QED) is 0.534. The number of rotatable bonds is 0. The van der Waals surface area contributed by atoms with Gasteiger partial charge in [-0.1, -0.05) is 0 Å². The highest BCUT2D eigenvalue weighted by molar-refractivity contribution is 4.94. The molecular formula is C8H15NO. The molecule has 0 amide bonds. The molecule has 3 atom stereocenters. The van der Waals surface area contributed by atoms with Crippen LogP contribution in [0.4, 0.5) is 0 Å². The molecule has 2 aliphatic rings. The zero-order valence-corrected chi connectivity index (χ0v) is 6.45. The molecule has 2 heterocycles. The third-order valence-electron chi connectivity index (χ3n) is 3.13. The Balaban J connectivity index is 2.13. The Morgan fingerprint density at radius 3 is 2.60 bits per heavy atom. The molecule has 2 aliphatic heterocycles. The fourth-order valence-electron chi connectivity index (χ4n) is 2.41. The average Bonchev–Trinajstić information content (AvgIpc) is 2.13. The van der Waals surface area contributed by atoms with Gasteiger partial charge in [-0.2, -0.15) is 0 Å². The lowest BCUT2D eigenvalue weighted by molar-refractivity contribution is 0.0294. The molecule has 0 radical (unpaired) electrons. The first-order valence-electron chi connectivity index (χ1n) is 4.19. The van der Waals surface area contributed by atoms with E-state index in [2.05, 4.69) is 11.9 Å². The second-order valence-corrected chi connectivity index (χ2v) is 3.61. The summed E-state index contributed by atoms with van der Waals surface area (Å²) in [5.74, 6) is 0. The van der Waals surface area contributed by atoms with E-state index in [9.17, 15) is 5.11 Å². The first kappa shape index (κ1) is 6.62. The van der Waals surface area contributed by atoms with E-state index in [1.807, 2.05) is 0 Å². The van der Waals surface area contributed by atoms with Gasteiger partial charge in [-0.05, 0) is 32.7 Å². The van der Waals surface area contributed by atoms with E-state index in [4.69, 9.17) is 0 Å². The highest BCUT2D eigenvalue weighted by Gasteiger charge is 2.38. The number of likely N-dealkylation sites (N-methyl/N-ethyl adjacent to an activating group) is 1. The third-order valence-corrected chi connectivity index (χ3v) is 3.13. The van der Waals surface area contributed by atoms with Crippen LogP contribution in [0.3, 0.4) is 0 Å². The maximum absolute atomic E-state index is 9.52. The topological polar surface area (TPSA) is 23.5 Å². The van der Waals surface area contributed by atoms with Crippen molar-refractivity contribution in [3.05, 3.63) is 0 Å². The molecule has 0 spiro atoms. The molecule has 1 N–H and O–H groups in total. The maximum atomic E-state index is 9.52. The van der Waals surface area contributed by atoms with Gasteiger partial charge in [0.2, 0.25) is 0 Å². The molecule has 0 aromatic rings. The Kier molecular flexibility index (Phi) is 1.46. The maximum Gasteiger partial charge on any atom is 0.0696 e. The van der Waals surface area contributed by atoms with Crippen molar-refractivity contribution in [3.63, 3.8) is 0 Å². The Morgan fingerprint density at radius 1 is 1.20 bits per heavy atom. The molecule has 0 aliphatic carbocycles. The fraction of sp³-hybridized carbons (Fsp3) is 1.00. The average molecular weight is 141 g/mol. The Bertz CT molecular complexity index is 137. The van der Waals surface area contributed by atoms with E-state index in [1.54, 1.807) is 0 Å². The molecule has 58 valence electrons. The number of aliphatic hydroxyl groups excluding tert-OH is 1. The minimum absolute atomic E-state index is 0.0382. The smallest absolute Gasteiger partial charge is 0.0696 e. The van der Waals surface area contributed by atoms with Gasteiger partial charge in [-0.15, -0.1) is 0 Å². The summed E-state index contributed by atoms with van der Waals surface area (Å²) >= 11 is 0. The summed E-state index contributed by atoms with van der Waals surface area (Å²) in [6.07, 6.45) is 4.71. The SMILES string of the molecule is CN1C2CC[C@@H](O)[C@@H]1CC2. The van der Waals surface area contributed by atoms with Gasteiger partial charge < -0.3 is 5.11 Å². The predicted octanol–water partition coefficient (Wildman–Crippen LogP) is 0.604. The molecule has 2 rings (SSSR count). The summed E-state index contributed by atoms with van der Waals surface area (Å²) in [6, 6.07) is 1.27. The van der Waals surface area contributed by atoms with Crippen molar-refractivity contribution >= 4 is 0 Å². The molecule has 2 fully saturated rings. The fourth-order valence-corrected chi connectivity index (χ4v) is 2.41. The first-order valence-corrected chi connectivity index (χ1v) is 4.19. The molecular weight excluding hydrogens is 126 g/mol. The van der Waals surface area contributed by atoms with Crippen LogP contribution in [0.25, 0.3) is 0 Å². The van der Waals surface area contributed by atoms with Gasteiger partial charge in [0.15, 0.2) is 0 Å². The second-order valence-electron chi connectivity index (χ2n) is 3.61. The van der Waals surface area contributed by atoms with Crippen LogP contribution in [0.1, 0.15) is 25.7 Å². The second kappa shape index (κ2) is 2.21. The number of nitrogens with zero attached hydrogens (tertiary/aromatic N) is 1. The molecule has 0 aromatic heterocycles. The summed E-state index contributed by atoms with van der Waals surface area (Å²) in [6.45, 7) is 0. The van der Waals surface area contributed by atoms with E-state index in [0.29, 0.717) is 6.04 Å². The lowest BCUT2D eigenvalue weighted by atomic mass is 10.0. The predicted molar refractivity (Wildman–Crippen MR) is 39.8 cm³/mol. The molecule has 1 unspecified atom stereocenters. The van der Waals surface area contributed by atoms with E-state index in [1.165, 1.54) is 19.3 Å². The Hall–Kier alpha value is -0.0800. The van der Waals surface area contributed by atoms with Crippen molar-refractivity contribution in [2.24, 2.45) is 0 Å². The van der Waals surface area contributed by atoms with Gasteiger partial charge in [0.25, 0.3) is 0 Å². The highest BCUT2D eigenvalue weighted by Crippen LogP contribution is 2.33. The van der Waals surface area contributed by atoms with E-state index >= 15 is 0 Å². The summed E-state index contributed by atoms with van der Waals surface area (Å²) in [5, 5.41) is 9.52. The van der Waals surface area contributed by atoms with Gasteiger partial charge in [-0.25, -0.2) is 0 Å². The van der Waals surface area contributed by atoms with Gasteiger partial charge in [0.1, 0.15) is 0 Å². The standard InChI is InChI=1S/C8H15NO/c1-9-6-2-4-7(9)8(10)5-3-6/h6-8,10H,2-5H2,1H3/t6?,7-,8+/m0/s1. The lowest BCUT2D eigenvalue weighted by Crippen LogP contribution is -2.44. The largest absolute Gasteiger partial charge is 0.391 e. The van der Waals surface area contributed by atoms with Crippen LogP contribution in [0, 0.1) is 0 Å². The van der Waals surface area contributed by atoms with Crippen LogP contribution in [0.5, 0.6) is 0 Å². The third kappa shape index (κ3) is 0.789. The van der Waals surface area contributed by atoms with Crippen molar-refractivity contribution in [3.8, 4) is 0 Å². The molecule has 10 heavy (non-hydrogen) atoms. The Morgan fingerprint density at radius 2 is 1.90 bits per heavy atom. The van der Waals surface area contributed by atoms with Crippen molar-refractivity contribution in [1.29, 1.82) is 0 Å². The highest BCUT2D eigenvalue weighted by atomic mass is 16.3. The zero-order valence-electron chi connectivity index (χ0n) is 6.45. The van der Waals surface area contributed by atoms with Crippen LogP contribution in [0.2, 0.25) is 0 Å². The summed E-state index contributed by atoms with van der Waals surface area (Å²) < 4.78 is 0. The summed E-state index contributed by atoms with van der Waals surface area (Å²) in [4.78, 5) is 2.36. The molecule has 2 saturated heterocycles. The lowest BCUT2D eigenvalue weighted by Gasteiger charge is -2.34. The van der Waals surface area contributed by atoms with E-state index < -0.39 is 0 Å². The van der Waals surface area contributed by atoms with Gasteiger partial charge in [0, 0.05) is 12.1 Å². The normalized spacial score (nSPS) is 48.0. The number of fused-ring (bicyclic) bond motifs is 2. The minimum Gasteiger partial charge on any atom is -0.391 e. The number of piperidine rings is 1. The van der Waals surface area contributed by atoms with Gasteiger partial charge in [-0.3, -0.25) is 4.90 Å². The molecule has 2 heteroatoms. The molecule has 0 aromatic carbocycles. The molecule has 0 saturated carbocycles. The van der Waals surface area contributed by atoms with Crippen LogP contribution in [-0.4, -0.2) is 35.2 Å². The monoisotopic (exact) mass is 141 g/mol. The van der Waals surface area contributed by atoms with Crippen molar-refractivity contribution in [1.82, 2.24) is 4.90 Å². The molecule has 2 bridgehead atoms. The van der Waals surface area contributed by atoms with Crippen molar-refractivity contribution in [2.45, 2.75) is 43.9 Å². The van der Waals surface area contributed by atoms with Crippen LogP contribution in [-0.2, 0) is 0 Å².